The fourth-order valence-corrected chi connectivity index (χ4v) is 3.04. The maximum Gasteiger partial charge on any atom is 0.211 e. The lowest BCUT2D eigenvalue weighted by molar-refractivity contribution is 0.466. The summed E-state index contributed by atoms with van der Waals surface area (Å²) in [6.45, 7) is 1.79. The molecule has 1 aromatic rings. The average molecular weight is 291 g/mol. The van der Waals surface area contributed by atoms with Crippen molar-refractivity contribution < 1.29 is 8.42 Å². The summed E-state index contributed by atoms with van der Waals surface area (Å²) in [5, 5.41) is 3.59. The van der Waals surface area contributed by atoms with Gasteiger partial charge in [0.15, 0.2) is 0 Å². The fraction of sp³-hybridized carbons (Fsp3) is 0.600. The summed E-state index contributed by atoms with van der Waals surface area (Å²) in [6.07, 6.45) is 5.03. The summed E-state index contributed by atoms with van der Waals surface area (Å²) in [5.74, 6) is 0.871. The second kappa shape index (κ2) is 5.38. The van der Waals surface area contributed by atoms with Crippen molar-refractivity contribution in [2.75, 3.05) is 31.2 Å². The average Bonchev–Trinajstić information content (AvgIpc) is 2.76. The number of anilines is 1. The molecule has 1 aliphatic heterocycles. The molecule has 0 amide bonds. The minimum Gasteiger partial charge on any atom is -0.368 e. The maximum atomic E-state index is 11.4. The van der Waals surface area contributed by atoms with Crippen LogP contribution in [0.15, 0.2) is 12.5 Å². The van der Waals surface area contributed by atoms with Gasteiger partial charge in [0, 0.05) is 19.6 Å². The summed E-state index contributed by atoms with van der Waals surface area (Å²) in [5.41, 5.74) is 0. The monoisotopic (exact) mass is 290 g/mol. The van der Waals surface area contributed by atoms with E-state index in [1.54, 1.807) is 0 Å². The topological polar surface area (TPSA) is 75.2 Å². The van der Waals surface area contributed by atoms with Crippen LogP contribution in [0.2, 0.25) is 5.02 Å². The SMILES string of the molecule is CS(=O)(=O)N1CCC(CNc2ncncc2Cl)C1. The van der Waals surface area contributed by atoms with Gasteiger partial charge in [0.05, 0.1) is 12.5 Å². The predicted molar refractivity (Wildman–Crippen MR) is 70.1 cm³/mol. The second-order valence-corrected chi connectivity index (χ2v) is 6.77. The first-order chi connectivity index (χ1) is 8.47. The van der Waals surface area contributed by atoms with Crippen molar-refractivity contribution in [2.24, 2.45) is 5.92 Å². The van der Waals surface area contributed by atoms with Gasteiger partial charge in [-0.2, -0.15) is 0 Å². The van der Waals surface area contributed by atoms with Crippen molar-refractivity contribution in [1.82, 2.24) is 14.3 Å². The van der Waals surface area contributed by atoms with Crippen molar-refractivity contribution in [1.29, 1.82) is 0 Å². The molecule has 1 aliphatic rings. The van der Waals surface area contributed by atoms with Gasteiger partial charge < -0.3 is 5.32 Å². The van der Waals surface area contributed by atoms with Crippen molar-refractivity contribution in [2.45, 2.75) is 6.42 Å². The van der Waals surface area contributed by atoms with Crippen LogP contribution < -0.4 is 5.32 Å². The lowest BCUT2D eigenvalue weighted by atomic mass is 10.1. The van der Waals surface area contributed by atoms with Gasteiger partial charge in [-0.1, -0.05) is 11.6 Å². The largest absolute Gasteiger partial charge is 0.368 e. The zero-order valence-electron chi connectivity index (χ0n) is 10.0. The number of nitrogens with zero attached hydrogens (tertiary/aromatic N) is 3. The van der Waals surface area contributed by atoms with E-state index in [-0.39, 0.29) is 5.92 Å². The number of aromatic nitrogens is 2. The molecular formula is C10H15ClN4O2S. The highest BCUT2D eigenvalue weighted by Crippen LogP contribution is 2.21. The van der Waals surface area contributed by atoms with E-state index in [2.05, 4.69) is 15.3 Å². The number of halogens is 1. The summed E-state index contributed by atoms with van der Waals surface area (Å²) in [6, 6.07) is 0. The van der Waals surface area contributed by atoms with E-state index < -0.39 is 10.0 Å². The molecule has 0 bridgehead atoms. The van der Waals surface area contributed by atoms with Crippen molar-refractivity contribution in [3.05, 3.63) is 17.5 Å². The molecule has 1 N–H and O–H groups in total. The third-order valence-corrected chi connectivity index (χ3v) is 4.49. The van der Waals surface area contributed by atoms with Crippen molar-refractivity contribution in [3.63, 3.8) is 0 Å². The van der Waals surface area contributed by atoms with Crippen LogP contribution in [0.1, 0.15) is 6.42 Å². The molecule has 0 radical (unpaired) electrons. The van der Waals surface area contributed by atoms with E-state index >= 15 is 0 Å². The third kappa shape index (κ3) is 3.30. The molecule has 0 aromatic carbocycles. The molecule has 100 valence electrons. The number of hydrogen-bond acceptors (Lipinski definition) is 5. The number of sulfonamides is 1. The Hall–Kier alpha value is -0.920. The molecule has 1 aromatic heterocycles. The minimum atomic E-state index is -3.07. The molecule has 0 spiro atoms. The fourth-order valence-electron chi connectivity index (χ4n) is 1.95. The Morgan fingerprint density at radius 1 is 1.61 bits per heavy atom. The van der Waals surface area contributed by atoms with Gasteiger partial charge in [-0.15, -0.1) is 0 Å². The van der Waals surface area contributed by atoms with Crippen LogP contribution in [-0.4, -0.2) is 48.6 Å². The Kier molecular flexibility index (Phi) is 4.04. The van der Waals surface area contributed by atoms with Crippen LogP contribution in [0, 0.1) is 5.92 Å². The smallest absolute Gasteiger partial charge is 0.211 e. The number of nitrogens with one attached hydrogen (secondary N) is 1. The molecular weight excluding hydrogens is 276 g/mol. The Morgan fingerprint density at radius 3 is 3.00 bits per heavy atom. The van der Waals surface area contributed by atoms with Crippen LogP contribution in [0.5, 0.6) is 0 Å². The standard InChI is InChI=1S/C10H15ClN4O2S/c1-18(16,17)15-3-2-8(6-15)4-13-10-9(11)5-12-7-14-10/h5,7-8H,2-4,6H2,1H3,(H,12,13,14). The Bertz CT molecular complexity index is 522. The molecule has 1 atom stereocenters. The Balaban J connectivity index is 1.88. The van der Waals surface area contributed by atoms with Crippen LogP contribution in [0.3, 0.4) is 0 Å². The summed E-state index contributed by atoms with van der Waals surface area (Å²) >= 11 is 5.92. The molecule has 1 unspecified atom stereocenters. The minimum absolute atomic E-state index is 0.283. The zero-order chi connectivity index (χ0) is 13.2. The van der Waals surface area contributed by atoms with Crippen LogP contribution in [0.4, 0.5) is 5.82 Å². The molecule has 2 heterocycles. The van der Waals surface area contributed by atoms with Gasteiger partial charge in [-0.3, -0.25) is 0 Å². The van der Waals surface area contributed by atoms with E-state index in [1.165, 1.54) is 23.1 Å². The quantitative estimate of drug-likeness (QED) is 0.889. The first-order valence-electron chi connectivity index (χ1n) is 5.61. The normalized spacial score (nSPS) is 21.1. The highest BCUT2D eigenvalue weighted by atomic mass is 35.5. The summed E-state index contributed by atoms with van der Waals surface area (Å²) in [4.78, 5) is 7.82. The van der Waals surface area contributed by atoms with Gasteiger partial charge in [-0.05, 0) is 12.3 Å². The molecule has 2 rings (SSSR count). The zero-order valence-corrected chi connectivity index (χ0v) is 11.6. The van der Waals surface area contributed by atoms with E-state index in [4.69, 9.17) is 11.6 Å². The lowest BCUT2D eigenvalue weighted by Gasteiger charge is -2.14. The molecule has 0 saturated carbocycles. The third-order valence-electron chi connectivity index (χ3n) is 2.94. The molecule has 8 heteroatoms. The molecule has 1 fully saturated rings. The highest BCUT2D eigenvalue weighted by molar-refractivity contribution is 7.88. The van der Waals surface area contributed by atoms with Gasteiger partial charge in [-0.25, -0.2) is 22.7 Å². The van der Waals surface area contributed by atoms with E-state index in [0.717, 1.165) is 6.42 Å². The molecule has 6 nitrogen and oxygen atoms in total. The van der Waals surface area contributed by atoms with Crippen molar-refractivity contribution >= 4 is 27.4 Å². The van der Waals surface area contributed by atoms with Gasteiger partial charge in [0.25, 0.3) is 0 Å². The van der Waals surface area contributed by atoms with Gasteiger partial charge in [0.2, 0.25) is 10.0 Å². The second-order valence-electron chi connectivity index (χ2n) is 4.38. The van der Waals surface area contributed by atoms with Crippen LogP contribution >= 0.6 is 11.6 Å². The Morgan fingerprint density at radius 2 is 2.39 bits per heavy atom. The first kappa shape index (κ1) is 13.5. The lowest BCUT2D eigenvalue weighted by Crippen LogP contribution is -2.28. The number of hydrogen-bond donors (Lipinski definition) is 1. The van der Waals surface area contributed by atoms with E-state index in [9.17, 15) is 8.42 Å². The summed E-state index contributed by atoms with van der Waals surface area (Å²) < 4.78 is 24.2. The van der Waals surface area contributed by atoms with Crippen LogP contribution in [-0.2, 0) is 10.0 Å². The summed E-state index contributed by atoms with van der Waals surface area (Å²) in [7, 11) is -3.07. The van der Waals surface area contributed by atoms with Gasteiger partial charge >= 0.3 is 0 Å². The van der Waals surface area contributed by atoms with Crippen molar-refractivity contribution in [3.8, 4) is 0 Å². The van der Waals surface area contributed by atoms with E-state index in [0.29, 0.717) is 30.5 Å². The number of rotatable bonds is 4. The first-order valence-corrected chi connectivity index (χ1v) is 7.84. The molecule has 0 aliphatic carbocycles. The van der Waals surface area contributed by atoms with E-state index in [1.807, 2.05) is 0 Å². The maximum absolute atomic E-state index is 11.4. The molecule has 18 heavy (non-hydrogen) atoms. The molecule has 1 saturated heterocycles. The Labute approximate surface area is 111 Å². The highest BCUT2D eigenvalue weighted by Gasteiger charge is 2.28. The van der Waals surface area contributed by atoms with Crippen LogP contribution in [0.25, 0.3) is 0 Å². The predicted octanol–water partition coefficient (Wildman–Crippen LogP) is 0.823. The van der Waals surface area contributed by atoms with Gasteiger partial charge in [0.1, 0.15) is 17.2 Å².